The van der Waals surface area contributed by atoms with E-state index in [0.29, 0.717) is 12.4 Å². The van der Waals surface area contributed by atoms with Gasteiger partial charge in [0, 0.05) is 12.0 Å². The highest BCUT2D eigenvalue weighted by Crippen LogP contribution is 2.29. The van der Waals surface area contributed by atoms with Gasteiger partial charge in [-0.3, -0.25) is 0 Å². The molecule has 0 unspecified atom stereocenters. The maximum absolute atomic E-state index is 6.25. The summed E-state index contributed by atoms with van der Waals surface area (Å²) in [5.41, 5.74) is 8.08. The Labute approximate surface area is 124 Å². The maximum atomic E-state index is 6.25. The van der Waals surface area contributed by atoms with Crippen LogP contribution in [0, 0.1) is 12.3 Å². The third kappa shape index (κ3) is 2.25. The minimum atomic E-state index is 0.454. The van der Waals surface area contributed by atoms with Crippen molar-refractivity contribution in [3.8, 4) is 23.6 Å². The molecule has 3 heteroatoms. The predicted molar refractivity (Wildman–Crippen MR) is 87.8 cm³/mol. The molecule has 0 fully saturated rings. The highest BCUT2D eigenvalue weighted by atomic mass is 15.1. The van der Waals surface area contributed by atoms with Crippen molar-refractivity contribution in [3.05, 3.63) is 48.3 Å². The van der Waals surface area contributed by atoms with Gasteiger partial charge >= 0.3 is 0 Å². The zero-order valence-electron chi connectivity index (χ0n) is 12.0. The topological polar surface area (TPSA) is 43.8 Å². The van der Waals surface area contributed by atoms with Crippen molar-refractivity contribution in [2.24, 2.45) is 0 Å². The molecule has 3 rings (SSSR count). The summed E-state index contributed by atoms with van der Waals surface area (Å²) in [4.78, 5) is 4.67. The Morgan fingerprint density at radius 3 is 2.67 bits per heavy atom. The largest absolute Gasteiger partial charge is 0.383 e. The van der Waals surface area contributed by atoms with E-state index in [1.165, 1.54) is 10.8 Å². The van der Waals surface area contributed by atoms with E-state index in [0.717, 1.165) is 23.5 Å². The number of fused-ring (bicyclic) bond motifs is 1. The first-order valence-corrected chi connectivity index (χ1v) is 7.02. The van der Waals surface area contributed by atoms with E-state index in [9.17, 15) is 0 Å². The smallest absolute Gasteiger partial charge is 0.132 e. The van der Waals surface area contributed by atoms with Crippen LogP contribution in [0.25, 0.3) is 22.0 Å². The van der Waals surface area contributed by atoms with Gasteiger partial charge in [-0.2, -0.15) is 0 Å². The fraction of sp³-hybridized carbons (Fsp3) is 0.167. The molecule has 0 saturated carbocycles. The van der Waals surface area contributed by atoms with Gasteiger partial charge in [-0.1, -0.05) is 49.2 Å². The molecule has 3 aromatic rings. The summed E-state index contributed by atoms with van der Waals surface area (Å²) in [5.74, 6) is 4.20. The number of nitrogens with two attached hydrogens (primary N) is 1. The number of aryl methyl sites for hydroxylation is 1. The first-order chi connectivity index (χ1) is 10.2. The average molecular weight is 275 g/mol. The number of hydrogen-bond donors (Lipinski definition) is 1. The van der Waals surface area contributed by atoms with Gasteiger partial charge in [-0.25, -0.2) is 4.98 Å². The number of nitrogen functional groups attached to an aromatic ring is 1. The fourth-order valence-corrected chi connectivity index (χ4v) is 2.60. The van der Waals surface area contributed by atoms with Gasteiger partial charge in [-0.05, 0) is 16.8 Å². The number of anilines is 1. The summed E-state index contributed by atoms with van der Waals surface area (Å²) in [7, 11) is 0. The van der Waals surface area contributed by atoms with Crippen LogP contribution in [0.2, 0.25) is 0 Å². The molecule has 0 radical (unpaired) electrons. The Hall–Kier alpha value is -2.73. The second-order valence-corrected chi connectivity index (χ2v) is 4.97. The summed E-state index contributed by atoms with van der Waals surface area (Å²) in [5, 5.41) is 2.39. The van der Waals surface area contributed by atoms with E-state index in [2.05, 4.69) is 48.2 Å². The van der Waals surface area contributed by atoms with Crippen molar-refractivity contribution in [3.63, 3.8) is 0 Å². The van der Waals surface area contributed by atoms with Crippen molar-refractivity contribution < 1.29 is 0 Å². The number of imidazole rings is 1. The molecule has 0 saturated heterocycles. The molecule has 2 aromatic carbocycles. The quantitative estimate of drug-likeness (QED) is 0.744. The summed E-state index contributed by atoms with van der Waals surface area (Å²) < 4.78 is 1.91. The second-order valence-electron chi connectivity index (χ2n) is 4.97. The number of hydrogen-bond acceptors (Lipinski definition) is 2. The van der Waals surface area contributed by atoms with Crippen LogP contribution >= 0.6 is 0 Å². The van der Waals surface area contributed by atoms with Crippen LogP contribution in [0.1, 0.15) is 12.7 Å². The summed E-state index contributed by atoms with van der Waals surface area (Å²) >= 11 is 0. The maximum Gasteiger partial charge on any atom is 0.132 e. The Morgan fingerprint density at radius 1 is 1.19 bits per heavy atom. The molecule has 0 aliphatic heterocycles. The molecule has 0 aliphatic carbocycles. The molecule has 0 bridgehead atoms. The van der Waals surface area contributed by atoms with Gasteiger partial charge < -0.3 is 10.3 Å². The first-order valence-electron chi connectivity index (χ1n) is 7.02. The van der Waals surface area contributed by atoms with Gasteiger partial charge in [0.05, 0.1) is 6.54 Å². The summed E-state index contributed by atoms with van der Waals surface area (Å²) in [6.07, 6.45) is 6.23. The van der Waals surface area contributed by atoms with Crippen LogP contribution in [-0.2, 0) is 13.0 Å². The summed E-state index contributed by atoms with van der Waals surface area (Å²) in [6.45, 7) is 2.51. The molecule has 0 spiro atoms. The number of terminal acetylenes is 1. The molecule has 3 nitrogen and oxygen atoms in total. The zero-order chi connectivity index (χ0) is 14.8. The lowest BCUT2D eigenvalue weighted by Crippen LogP contribution is -2.05. The molecule has 104 valence electrons. The number of nitrogens with zero attached hydrogens (tertiary/aromatic N) is 2. The van der Waals surface area contributed by atoms with Crippen LogP contribution in [0.3, 0.4) is 0 Å². The van der Waals surface area contributed by atoms with E-state index >= 15 is 0 Å². The van der Waals surface area contributed by atoms with E-state index < -0.39 is 0 Å². The van der Waals surface area contributed by atoms with Gasteiger partial charge in [0.25, 0.3) is 0 Å². The minimum absolute atomic E-state index is 0.454. The third-order valence-electron chi connectivity index (χ3n) is 3.67. The standard InChI is InChI=1S/C18H17N3/c1-3-11-21-16(4-2)20-17(18(21)19)15-10-9-13-7-5-6-8-14(13)12-15/h1,5-10,12H,4,11,19H2,2H3. The molecule has 21 heavy (non-hydrogen) atoms. The van der Waals surface area contributed by atoms with Crippen molar-refractivity contribution in [1.82, 2.24) is 9.55 Å². The molecule has 0 aliphatic rings. The Balaban J connectivity index is 2.16. The molecule has 1 aromatic heterocycles. The summed E-state index contributed by atoms with van der Waals surface area (Å²) in [6, 6.07) is 14.5. The molecular formula is C18H17N3. The zero-order valence-corrected chi connectivity index (χ0v) is 12.0. The van der Waals surface area contributed by atoms with Gasteiger partial charge in [-0.15, -0.1) is 6.42 Å². The Morgan fingerprint density at radius 2 is 1.95 bits per heavy atom. The van der Waals surface area contributed by atoms with Crippen molar-refractivity contribution >= 4 is 16.6 Å². The van der Waals surface area contributed by atoms with Gasteiger partial charge in [0.2, 0.25) is 0 Å². The molecule has 2 N–H and O–H groups in total. The van der Waals surface area contributed by atoms with Gasteiger partial charge in [0.1, 0.15) is 17.3 Å². The molecule has 1 heterocycles. The first kappa shape index (κ1) is 13.3. The lowest BCUT2D eigenvalue weighted by atomic mass is 10.1. The number of rotatable bonds is 3. The van der Waals surface area contributed by atoms with Crippen molar-refractivity contribution in [2.45, 2.75) is 19.9 Å². The third-order valence-corrected chi connectivity index (χ3v) is 3.67. The number of aromatic nitrogens is 2. The van der Waals surface area contributed by atoms with E-state index in [1.54, 1.807) is 0 Å². The molecule has 0 atom stereocenters. The molecular weight excluding hydrogens is 258 g/mol. The predicted octanol–water partition coefficient (Wildman–Crippen LogP) is 3.48. The SMILES string of the molecule is C#CCn1c(CC)nc(-c2ccc3ccccc3c2)c1N. The monoisotopic (exact) mass is 275 g/mol. The van der Waals surface area contributed by atoms with E-state index in [1.807, 2.05) is 16.7 Å². The van der Waals surface area contributed by atoms with Crippen molar-refractivity contribution in [1.29, 1.82) is 0 Å². The van der Waals surface area contributed by atoms with Crippen LogP contribution < -0.4 is 5.73 Å². The van der Waals surface area contributed by atoms with Crippen LogP contribution in [-0.4, -0.2) is 9.55 Å². The average Bonchev–Trinajstić information content (AvgIpc) is 2.84. The fourth-order valence-electron chi connectivity index (χ4n) is 2.60. The Kier molecular flexibility index (Phi) is 3.37. The highest BCUT2D eigenvalue weighted by Gasteiger charge is 2.14. The lowest BCUT2D eigenvalue weighted by molar-refractivity contribution is 0.769. The minimum Gasteiger partial charge on any atom is -0.383 e. The highest BCUT2D eigenvalue weighted by molar-refractivity contribution is 5.88. The molecule has 0 amide bonds. The van der Waals surface area contributed by atoms with Crippen LogP contribution in [0.4, 0.5) is 5.82 Å². The van der Waals surface area contributed by atoms with Crippen LogP contribution in [0.5, 0.6) is 0 Å². The normalized spacial score (nSPS) is 10.7. The van der Waals surface area contributed by atoms with Crippen LogP contribution in [0.15, 0.2) is 42.5 Å². The second kappa shape index (κ2) is 5.34. The Bertz CT molecular complexity index is 837. The van der Waals surface area contributed by atoms with Crippen molar-refractivity contribution in [2.75, 3.05) is 5.73 Å². The van der Waals surface area contributed by atoms with E-state index in [4.69, 9.17) is 12.2 Å². The lowest BCUT2D eigenvalue weighted by Gasteiger charge is -2.05. The number of benzene rings is 2. The van der Waals surface area contributed by atoms with E-state index in [-0.39, 0.29) is 0 Å². The van der Waals surface area contributed by atoms with Gasteiger partial charge in [0.15, 0.2) is 0 Å².